The van der Waals surface area contributed by atoms with Gasteiger partial charge in [-0.25, -0.2) is 19.6 Å². The summed E-state index contributed by atoms with van der Waals surface area (Å²) in [5, 5.41) is 13.1. The number of hydrogen-bond acceptors (Lipinski definition) is 30. The highest BCUT2D eigenvalue weighted by Crippen LogP contribution is 2.45. The number of carbonyl (C=O) groups is 18. The molecule has 9 unspecified atom stereocenters. The predicted octanol–water partition coefficient (Wildman–Crippen LogP) is 6.63. The maximum Gasteiger partial charge on any atom is 0.414 e. The normalized spacial score (nSPS) is 23.1. The Labute approximate surface area is 818 Å². The van der Waals surface area contributed by atoms with E-state index in [1.165, 1.54) is 101 Å². The molecule has 5 N–H and O–H groups in total. The molecule has 41 nitrogen and oxygen atoms in total. The van der Waals surface area contributed by atoms with Gasteiger partial charge in [-0.1, -0.05) is 75.3 Å². The summed E-state index contributed by atoms with van der Waals surface area (Å²) >= 11 is 2.13. The Bertz CT molecular complexity index is 5350. The number of ketones is 3. The molecular formula is C97H121N13O28S2. The monoisotopic (exact) mass is 1980 g/mol. The molecule has 11 aliphatic heterocycles. The maximum absolute atomic E-state index is 15.1. The Morgan fingerprint density at radius 3 is 1.54 bits per heavy atom. The number of thioether (sulfide) groups is 2. The molecule has 0 radical (unpaired) electrons. The molecule has 11 heterocycles. The van der Waals surface area contributed by atoms with Crippen LogP contribution in [0.15, 0.2) is 97.1 Å². The van der Waals surface area contributed by atoms with Crippen LogP contribution >= 0.6 is 23.5 Å². The second-order valence-electron chi connectivity index (χ2n) is 35.4. The van der Waals surface area contributed by atoms with Crippen LogP contribution in [0.4, 0.5) is 32.3 Å². The number of hydrogen-bond donors (Lipinski definition) is 5. The third-order valence-electron chi connectivity index (χ3n) is 25.1. The molecule has 5 saturated heterocycles. The molecule has 9 atom stereocenters. The van der Waals surface area contributed by atoms with E-state index >= 15 is 9.59 Å². The zero-order chi connectivity index (χ0) is 101. The average molecular weight is 1980 g/mol. The minimum absolute atomic E-state index is 0.00602. The summed E-state index contributed by atoms with van der Waals surface area (Å²) in [6.45, 7) is 10.3. The topological polar surface area (TPSA) is 486 Å². The highest BCUT2D eigenvalue weighted by atomic mass is 32.2. The van der Waals surface area contributed by atoms with Crippen molar-refractivity contribution in [2.45, 2.75) is 177 Å². The number of nitrogens with one attached hydrogen (secondary N) is 5. The smallest absolute Gasteiger partial charge is 0.414 e. The van der Waals surface area contributed by atoms with E-state index in [4.69, 9.17) is 47.4 Å². The Morgan fingerprint density at radius 2 is 1.00 bits per heavy atom. The van der Waals surface area contributed by atoms with Gasteiger partial charge in [0.05, 0.1) is 118 Å². The minimum Gasteiger partial charge on any atom is -0.493 e. The number of fused-ring (bicyclic) bond motifs is 6. The van der Waals surface area contributed by atoms with Crippen molar-refractivity contribution < 1.29 is 134 Å². The fraction of sp³-hybridized carbons (Fsp3) is 0.526. The molecule has 0 aromatic heterocycles. The summed E-state index contributed by atoms with van der Waals surface area (Å²) in [6.07, 6.45) is -3.71. The van der Waals surface area contributed by atoms with E-state index in [0.29, 0.717) is 53.4 Å². The number of amides is 15. The third-order valence-corrected chi connectivity index (χ3v) is 27.7. The molecule has 754 valence electrons. The molecule has 11 aliphatic rings. The number of carbonyl (C=O) groups excluding carboxylic acids is 18. The van der Waals surface area contributed by atoms with Gasteiger partial charge in [-0.05, 0) is 86.6 Å². The molecule has 4 aromatic rings. The fourth-order valence-electron chi connectivity index (χ4n) is 17.4. The molecule has 15 rings (SSSR count). The minimum atomic E-state index is -1.51. The van der Waals surface area contributed by atoms with Crippen LogP contribution < -0.4 is 55.3 Å². The van der Waals surface area contributed by atoms with Crippen LogP contribution in [-0.4, -0.2) is 315 Å². The lowest BCUT2D eigenvalue weighted by Gasteiger charge is -2.35. The summed E-state index contributed by atoms with van der Waals surface area (Å²) in [5.41, 5.74) is 3.31. The lowest BCUT2D eigenvalue weighted by molar-refractivity contribution is -0.168. The summed E-state index contributed by atoms with van der Waals surface area (Å²) in [6, 6.07) is 13.8. The Hall–Kier alpha value is -12.8. The van der Waals surface area contributed by atoms with Crippen molar-refractivity contribution in [2.24, 2.45) is 11.8 Å². The molecular weight excluding hydrogens is 1860 g/mol. The summed E-state index contributed by atoms with van der Waals surface area (Å²) in [4.78, 5) is 266. The fourth-order valence-corrected chi connectivity index (χ4v) is 20.1. The first-order valence-electron chi connectivity index (χ1n) is 46.7. The van der Waals surface area contributed by atoms with Crippen molar-refractivity contribution in [3.8, 4) is 23.0 Å². The van der Waals surface area contributed by atoms with Crippen molar-refractivity contribution in [1.29, 1.82) is 0 Å². The van der Waals surface area contributed by atoms with Crippen molar-refractivity contribution >= 4 is 153 Å². The number of unbranched alkanes of at least 4 members (excludes halogenated alkanes) is 2. The number of imide groups is 2. The van der Waals surface area contributed by atoms with Crippen LogP contribution in [0.25, 0.3) is 0 Å². The van der Waals surface area contributed by atoms with Crippen LogP contribution in [-0.2, 0) is 109 Å². The number of methoxy groups -OCH3 is 4. The van der Waals surface area contributed by atoms with E-state index in [-0.39, 0.29) is 205 Å². The van der Waals surface area contributed by atoms with Crippen LogP contribution in [0.5, 0.6) is 23.0 Å². The summed E-state index contributed by atoms with van der Waals surface area (Å²) in [7, 11) is 5.79. The zero-order valence-electron chi connectivity index (χ0n) is 79.6. The van der Waals surface area contributed by atoms with Gasteiger partial charge in [0, 0.05) is 145 Å². The van der Waals surface area contributed by atoms with Crippen LogP contribution in [0, 0.1) is 11.8 Å². The SMILES string of the molecule is C=C1CC2CN3C(=O)OCc4ccc(cc4)NC(=O)C(CCCCCC(=O)COCCOC)NC(=O)C(C)CC(=O)CN4C(=O)CCN5C(=O)CC(SCSC6CC(=O)N(CCC(=O)N4CC(=O)CC(C)C(=O)NC(CCC(=O)NCCOCCOC)C(=O)Nc4ccc(cc4)COC(=O)N4c7cc(c(OC)cc7C(=O)N7CC(=C)CC7C4C)OCCCOc4cc3c(cc4OC)C(=O)N2C1)C6=O)C5=O. The van der Waals surface area contributed by atoms with Gasteiger partial charge >= 0.3 is 12.2 Å². The Balaban J connectivity index is 0.854. The zero-order valence-corrected chi connectivity index (χ0v) is 81.2. The third kappa shape index (κ3) is 27.6. The molecule has 140 heavy (non-hydrogen) atoms. The van der Waals surface area contributed by atoms with Crippen molar-refractivity contribution in [3.05, 3.63) is 119 Å². The lowest BCUT2D eigenvalue weighted by atomic mass is 10.0. The van der Waals surface area contributed by atoms with Crippen LogP contribution in [0.3, 0.4) is 0 Å². The van der Waals surface area contributed by atoms with E-state index in [9.17, 15) is 76.7 Å². The Kier molecular flexibility index (Phi) is 38.1. The summed E-state index contributed by atoms with van der Waals surface area (Å²) in [5.74, 6) is -13.6. The van der Waals surface area contributed by atoms with Gasteiger partial charge in [0.25, 0.3) is 11.8 Å². The van der Waals surface area contributed by atoms with Crippen LogP contribution in [0.2, 0.25) is 0 Å². The van der Waals surface area contributed by atoms with Gasteiger partial charge in [-0.2, -0.15) is 0 Å². The first-order valence-corrected chi connectivity index (χ1v) is 48.8. The van der Waals surface area contributed by atoms with Gasteiger partial charge in [0.2, 0.25) is 65.0 Å². The largest absolute Gasteiger partial charge is 0.493 e. The molecule has 5 fully saturated rings. The maximum atomic E-state index is 15.1. The molecule has 15 amide bonds. The van der Waals surface area contributed by atoms with Crippen molar-refractivity contribution in [2.75, 3.05) is 159 Å². The highest BCUT2D eigenvalue weighted by Gasteiger charge is 2.48. The van der Waals surface area contributed by atoms with Gasteiger partial charge in [0.1, 0.15) is 45.0 Å². The predicted molar refractivity (Wildman–Crippen MR) is 509 cm³/mol. The van der Waals surface area contributed by atoms with E-state index < -0.39 is 205 Å². The van der Waals surface area contributed by atoms with Gasteiger partial charge < -0.3 is 83.8 Å². The number of benzene rings is 4. The quantitative estimate of drug-likeness (QED) is 0.0313. The number of anilines is 4. The number of nitrogens with zero attached hydrogens (tertiary/aromatic N) is 8. The molecule has 0 aliphatic carbocycles. The molecule has 12 bridgehead atoms. The number of hydrazine groups is 1. The van der Waals surface area contributed by atoms with Gasteiger partial charge in [-0.15, -0.1) is 23.5 Å². The number of rotatable bonds is 22. The van der Waals surface area contributed by atoms with Crippen molar-refractivity contribution in [3.63, 3.8) is 0 Å². The Morgan fingerprint density at radius 1 is 0.500 bits per heavy atom. The first kappa shape index (κ1) is 106. The second-order valence-corrected chi connectivity index (χ2v) is 38.1. The molecule has 43 heteroatoms. The van der Waals surface area contributed by atoms with Gasteiger partial charge in [-0.3, -0.25) is 96.3 Å². The number of ether oxygens (including phenoxy) is 10. The summed E-state index contributed by atoms with van der Waals surface area (Å²) < 4.78 is 57.5. The van der Waals surface area contributed by atoms with Crippen molar-refractivity contribution in [1.82, 2.24) is 45.6 Å². The standard InChI is InChI=1S/C97H121N13O28S2/c1-57-38-66-50-107-75-44-79(77(131-8)42-70(75)92(123)105(66)48-57)135-31-13-32-136-80-45-76-71(43-78(80)132-9)93(124)106-49-58(2)39-74(106)61(5)110(76)97(128)138-54-63-18-22-65(23-19-63)100-91(122)73(24-25-83(114)98-28-33-133-36-34-129-6)102-89(120)60(4)41-69(113)52-109-85(116)27-30-104-87(118)47-82(95(104)126)140-56-139-81-46-86(117)103(94(81)125)29-26-84(115)108(109)51-68(112)40-59(3)88(119)101-72(15-12-10-11-14-67(111)55-134-37-35-130-7)90(121)99-64-20-16-62(17-21-64)53-137-96(107)127/h16-23,42-45,59-61,66,72-74,81-82H,1-2,10-15,24-41,46-56H2,3-9H3,(H,98,114)(H,99,121)(H,100,122)(H,101,119)(H,102,120). The first-order chi connectivity index (χ1) is 67.2. The van der Waals surface area contributed by atoms with E-state index in [0.717, 1.165) is 44.5 Å². The lowest BCUT2D eigenvalue weighted by Crippen LogP contribution is -2.55. The van der Waals surface area contributed by atoms with Crippen LogP contribution in [0.1, 0.15) is 155 Å². The van der Waals surface area contributed by atoms with E-state index in [1.807, 2.05) is 0 Å². The highest BCUT2D eigenvalue weighted by molar-refractivity contribution is 8.17. The molecule has 0 spiro atoms. The molecule has 0 saturated carbocycles. The van der Waals surface area contributed by atoms with Gasteiger partial charge in [0.15, 0.2) is 40.3 Å². The average Bonchev–Trinajstić information content (AvgIpc) is 1.60. The van der Waals surface area contributed by atoms with E-state index in [1.54, 1.807) is 41.0 Å². The number of Topliss-reactive ketones (excluding diaryl/α,β-unsaturated/α-hetero) is 3. The second kappa shape index (κ2) is 50.3. The van der Waals surface area contributed by atoms with E-state index in [2.05, 4.69) is 39.7 Å². The molecule has 4 aromatic carbocycles.